The van der Waals surface area contributed by atoms with Gasteiger partial charge in [0.1, 0.15) is 0 Å². The molecular weight excluding hydrogens is 440 g/mol. The van der Waals surface area contributed by atoms with Crippen LogP contribution in [0.2, 0.25) is 0 Å². The Kier molecular flexibility index (Phi) is 4.37. The van der Waals surface area contributed by atoms with Gasteiger partial charge in [0.2, 0.25) is 0 Å². The Morgan fingerprint density at radius 1 is 0.306 bits per heavy atom. The van der Waals surface area contributed by atoms with Crippen molar-refractivity contribution in [3.63, 3.8) is 0 Å². The summed E-state index contributed by atoms with van der Waals surface area (Å²) in [5.41, 5.74) is 10.5. The van der Waals surface area contributed by atoms with Gasteiger partial charge in [-0.15, -0.1) is 0 Å². The predicted molar refractivity (Wildman–Crippen MR) is 154 cm³/mol. The molecule has 4 aromatic heterocycles. The molecule has 0 saturated carbocycles. The van der Waals surface area contributed by atoms with Crippen LogP contribution in [0.4, 0.5) is 0 Å². The summed E-state index contributed by atoms with van der Waals surface area (Å²) < 4.78 is 9.19. The molecule has 4 heterocycles. The lowest BCUT2D eigenvalue weighted by Crippen LogP contribution is -1.86. The Bertz CT molecular complexity index is 1790. The molecule has 0 saturated heterocycles. The third-order valence-corrected chi connectivity index (χ3v) is 7.87. The number of hydrogen-bond acceptors (Lipinski definition) is 0. The number of nitrogens with zero attached hydrogens (tertiary/aromatic N) is 4. The fourth-order valence-electron chi connectivity index (χ4n) is 6.22. The molecule has 0 fully saturated rings. The Hall–Kier alpha value is -4.44. The van der Waals surface area contributed by atoms with E-state index in [1.54, 1.807) is 0 Å². The molecule has 4 heteroatoms. The summed E-state index contributed by atoms with van der Waals surface area (Å²) in [6, 6.07) is 34.4. The van der Waals surface area contributed by atoms with Crippen LogP contribution in [-0.4, -0.2) is 18.3 Å². The van der Waals surface area contributed by atoms with E-state index in [1.807, 2.05) is 0 Å². The fraction of sp³-hybridized carbons (Fsp3) is 0.125. The minimum absolute atomic E-state index is 1.30. The van der Waals surface area contributed by atoms with Crippen LogP contribution in [0.1, 0.15) is 0 Å². The van der Waals surface area contributed by atoms with Crippen molar-refractivity contribution in [3.8, 4) is 0 Å². The number of aryl methyl sites for hydroxylation is 4. The molecule has 4 aromatic carbocycles. The maximum absolute atomic E-state index is 2.30. The first-order chi connectivity index (χ1) is 17.6. The lowest BCUT2D eigenvalue weighted by Gasteiger charge is -2.00. The van der Waals surface area contributed by atoms with Gasteiger partial charge in [0.05, 0.1) is 44.1 Å². The molecule has 0 aliphatic heterocycles. The minimum atomic E-state index is 1.30. The summed E-state index contributed by atoms with van der Waals surface area (Å²) in [4.78, 5) is 0. The predicted octanol–water partition coefficient (Wildman–Crippen LogP) is 7.65. The van der Waals surface area contributed by atoms with Gasteiger partial charge in [0.25, 0.3) is 0 Å². The van der Waals surface area contributed by atoms with Gasteiger partial charge < -0.3 is 18.3 Å². The lowest BCUT2D eigenvalue weighted by molar-refractivity contribution is 1.01. The highest BCUT2D eigenvalue weighted by molar-refractivity contribution is 6.19. The largest absolute Gasteiger partial charge is 0.342 e. The van der Waals surface area contributed by atoms with E-state index in [9.17, 15) is 0 Å². The van der Waals surface area contributed by atoms with E-state index in [1.165, 1.54) is 65.7 Å². The minimum Gasteiger partial charge on any atom is -0.342 e. The molecule has 0 bridgehead atoms. The Morgan fingerprint density at radius 3 is 0.722 bits per heavy atom. The molecule has 176 valence electrons. The first-order valence-electron chi connectivity index (χ1n) is 12.4. The van der Waals surface area contributed by atoms with Gasteiger partial charge >= 0.3 is 0 Å². The summed E-state index contributed by atoms with van der Waals surface area (Å²) in [6.07, 6.45) is 0. The molecule has 0 radical (unpaired) electrons. The van der Waals surface area contributed by atoms with E-state index >= 15 is 0 Å². The molecule has 0 aliphatic carbocycles. The number of benzene rings is 4. The molecular formula is C32H28N4. The van der Waals surface area contributed by atoms with Crippen LogP contribution in [-0.2, 0) is 28.2 Å². The highest BCUT2D eigenvalue weighted by Crippen LogP contribution is 2.36. The van der Waals surface area contributed by atoms with Gasteiger partial charge in [-0.3, -0.25) is 0 Å². The normalized spacial score (nSPS) is 11.9. The van der Waals surface area contributed by atoms with E-state index in [2.05, 4.69) is 144 Å². The van der Waals surface area contributed by atoms with E-state index in [4.69, 9.17) is 0 Å². The number of para-hydroxylation sites is 4. The van der Waals surface area contributed by atoms with Crippen LogP contribution in [0, 0.1) is 0 Å². The maximum Gasteiger partial charge on any atom is 0.0751 e. The second-order valence-electron chi connectivity index (χ2n) is 9.70. The molecule has 0 unspecified atom stereocenters. The third-order valence-electron chi connectivity index (χ3n) is 7.87. The van der Waals surface area contributed by atoms with Crippen LogP contribution in [0.5, 0.6) is 0 Å². The topological polar surface area (TPSA) is 19.7 Å². The average molecular weight is 469 g/mol. The van der Waals surface area contributed by atoms with Crippen molar-refractivity contribution < 1.29 is 0 Å². The summed E-state index contributed by atoms with van der Waals surface area (Å²) in [7, 11) is 8.60. The van der Waals surface area contributed by atoms with Gasteiger partial charge in [-0.25, -0.2) is 0 Å². The standard InChI is InChI=1S/2C16H14N2/c2*1-17-13-9-5-3-7-11(13)16-15(17)12-8-4-6-10-14(12)18(16)2/h2*3-10H,1-2H3. The lowest BCUT2D eigenvalue weighted by atomic mass is 10.2. The molecule has 0 aliphatic rings. The van der Waals surface area contributed by atoms with Crippen LogP contribution in [0.25, 0.3) is 65.7 Å². The van der Waals surface area contributed by atoms with Crippen LogP contribution in [0.3, 0.4) is 0 Å². The Balaban J connectivity index is 0.000000122. The molecule has 0 amide bonds. The number of aromatic nitrogens is 4. The third kappa shape index (κ3) is 2.64. The summed E-state index contributed by atoms with van der Waals surface area (Å²) in [6.45, 7) is 0. The van der Waals surface area contributed by atoms with E-state index < -0.39 is 0 Å². The highest BCUT2D eigenvalue weighted by Gasteiger charge is 2.16. The van der Waals surface area contributed by atoms with E-state index in [-0.39, 0.29) is 0 Å². The molecule has 4 nitrogen and oxygen atoms in total. The van der Waals surface area contributed by atoms with E-state index in [0.717, 1.165) is 0 Å². The molecule has 0 N–H and O–H groups in total. The van der Waals surface area contributed by atoms with Gasteiger partial charge in [-0.1, -0.05) is 72.8 Å². The maximum atomic E-state index is 2.30. The number of rotatable bonds is 0. The van der Waals surface area contributed by atoms with Crippen LogP contribution < -0.4 is 0 Å². The SMILES string of the molecule is Cn1c2ccccc2c2c1c1ccccc1n2C.Cn1c2ccccc2c2c1c1ccccc1n2C. The molecule has 0 atom stereocenters. The van der Waals surface area contributed by atoms with Crippen molar-refractivity contribution in [3.05, 3.63) is 97.1 Å². The molecule has 8 aromatic rings. The first kappa shape index (κ1) is 20.9. The molecule has 0 spiro atoms. The monoisotopic (exact) mass is 468 g/mol. The second kappa shape index (κ2) is 7.53. The van der Waals surface area contributed by atoms with Crippen molar-refractivity contribution in [1.29, 1.82) is 0 Å². The van der Waals surface area contributed by atoms with Crippen molar-refractivity contribution in [2.24, 2.45) is 28.2 Å². The van der Waals surface area contributed by atoms with Gasteiger partial charge in [-0.2, -0.15) is 0 Å². The van der Waals surface area contributed by atoms with E-state index in [0.29, 0.717) is 0 Å². The average Bonchev–Trinajstić information content (AvgIpc) is 3.59. The molecule has 36 heavy (non-hydrogen) atoms. The Labute approximate surface area is 209 Å². The van der Waals surface area contributed by atoms with Crippen molar-refractivity contribution >= 4 is 65.7 Å². The van der Waals surface area contributed by atoms with Crippen LogP contribution >= 0.6 is 0 Å². The zero-order valence-electron chi connectivity index (χ0n) is 21.0. The first-order valence-corrected chi connectivity index (χ1v) is 12.4. The van der Waals surface area contributed by atoms with Gasteiger partial charge in [0.15, 0.2) is 0 Å². The number of fused-ring (bicyclic) bond motifs is 10. The summed E-state index contributed by atoms with van der Waals surface area (Å²) in [5, 5.41) is 5.31. The summed E-state index contributed by atoms with van der Waals surface area (Å²) in [5.74, 6) is 0. The zero-order chi connectivity index (χ0) is 24.6. The van der Waals surface area contributed by atoms with Crippen LogP contribution in [0.15, 0.2) is 97.1 Å². The quantitative estimate of drug-likeness (QED) is 0.218. The van der Waals surface area contributed by atoms with Crippen molar-refractivity contribution in [2.45, 2.75) is 0 Å². The van der Waals surface area contributed by atoms with Crippen molar-refractivity contribution in [1.82, 2.24) is 18.3 Å². The smallest absolute Gasteiger partial charge is 0.0751 e. The Morgan fingerprint density at radius 2 is 0.500 bits per heavy atom. The number of hydrogen-bond donors (Lipinski definition) is 0. The highest BCUT2D eigenvalue weighted by atomic mass is 15.0. The van der Waals surface area contributed by atoms with Crippen molar-refractivity contribution in [2.75, 3.05) is 0 Å². The second-order valence-corrected chi connectivity index (χ2v) is 9.70. The van der Waals surface area contributed by atoms with Gasteiger partial charge in [-0.05, 0) is 24.3 Å². The fourth-order valence-corrected chi connectivity index (χ4v) is 6.22. The summed E-state index contributed by atoms with van der Waals surface area (Å²) >= 11 is 0. The zero-order valence-corrected chi connectivity index (χ0v) is 21.0. The van der Waals surface area contributed by atoms with Gasteiger partial charge in [0, 0.05) is 49.7 Å². The molecule has 8 rings (SSSR count).